The van der Waals surface area contributed by atoms with E-state index in [4.69, 9.17) is 9.47 Å². The summed E-state index contributed by atoms with van der Waals surface area (Å²) in [7, 11) is 0. The number of para-hydroxylation sites is 1. The smallest absolute Gasteiger partial charge is 0.418 e. The van der Waals surface area contributed by atoms with Gasteiger partial charge in [0.05, 0.1) is 24.6 Å². The highest BCUT2D eigenvalue weighted by Gasteiger charge is 2.52. The molecule has 33 heavy (non-hydrogen) atoms. The molecule has 0 unspecified atom stereocenters. The summed E-state index contributed by atoms with van der Waals surface area (Å²) in [6.45, 7) is 3.91. The number of hydrogen-bond acceptors (Lipinski definition) is 6. The molecule has 1 saturated carbocycles. The summed E-state index contributed by atoms with van der Waals surface area (Å²) in [5.41, 5.74) is 3.74. The molecule has 0 spiro atoms. The summed E-state index contributed by atoms with van der Waals surface area (Å²) in [4.78, 5) is 38.4. The molecule has 0 saturated heterocycles. The van der Waals surface area contributed by atoms with Gasteiger partial charge in [0.25, 0.3) is 0 Å². The van der Waals surface area contributed by atoms with Crippen molar-refractivity contribution in [1.82, 2.24) is 0 Å². The normalized spacial score (nSPS) is 21.0. The number of carbonyl (C=O) groups is 2. The van der Waals surface area contributed by atoms with Crippen molar-refractivity contribution >= 4 is 17.7 Å². The van der Waals surface area contributed by atoms with Crippen molar-refractivity contribution in [2.75, 3.05) is 11.5 Å². The highest BCUT2D eigenvalue weighted by Crippen LogP contribution is 2.51. The molecule has 2 aliphatic rings. The molecule has 8 nitrogen and oxygen atoms in total. The predicted octanol–water partition coefficient (Wildman–Crippen LogP) is 4.74. The Kier molecular flexibility index (Phi) is 6.44. The van der Waals surface area contributed by atoms with Crippen molar-refractivity contribution < 1.29 is 24.0 Å². The number of hydrogen-bond donors (Lipinski definition) is 0. The maximum atomic E-state index is 13.1. The Balaban J connectivity index is 1.67. The Morgan fingerprint density at radius 3 is 2.58 bits per heavy atom. The quantitative estimate of drug-likeness (QED) is 0.358. The predicted molar refractivity (Wildman–Crippen MR) is 121 cm³/mol. The fourth-order valence-electron chi connectivity index (χ4n) is 4.90. The highest BCUT2D eigenvalue weighted by atomic mass is 16.6. The molecule has 0 N–H and O–H groups in total. The number of amides is 1. The van der Waals surface area contributed by atoms with Gasteiger partial charge >= 0.3 is 12.1 Å². The number of benzene rings is 2. The molecule has 8 heteroatoms. The monoisotopic (exact) mass is 450 g/mol. The van der Waals surface area contributed by atoms with Crippen molar-refractivity contribution in [1.29, 1.82) is 0 Å². The number of carbonyl (C=O) groups excluding carboxylic acids is 2. The SMILES string of the molecule is CCOC(=O)C[C@H]1CC2=CN(C(=O)OCc3ccccc3)c3c(C)cccc3[C@H]2[C@H]1[N+](=O)[O-]. The summed E-state index contributed by atoms with van der Waals surface area (Å²) in [6, 6.07) is 13.9. The number of rotatable bonds is 6. The standard InChI is InChI=1S/C25H26N2O6/c1-3-32-21(28)13-18-12-19-14-26(25(29)33-15-17-9-5-4-6-10-17)23-16(2)8-7-11-20(23)22(19)24(18)27(30)31/h4-11,14,18,22,24H,3,12-13,15H2,1-2H3/t18-,22+,24+/m1/s1. The number of ether oxygens (including phenoxy) is 2. The number of aryl methyl sites for hydroxylation is 1. The van der Waals surface area contributed by atoms with Crippen LogP contribution in [0.15, 0.2) is 60.3 Å². The van der Waals surface area contributed by atoms with Crippen LogP contribution in [0.4, 0.5) is 10.5 Å². The van der Waals surface area contributed by atoms with Crippen LogP contribution in [0.2, 0.25) is 0 Å². The van der Waals surface area contributed by atoms with Gasteiger partial charge in [-0.1, -0.05) is 48.5 Å². The zero-order valence-corrected chi connectivity index (χ0v) is 18.6. The molecular weight excluding hydrogens is 424 g/mol. The van der Waals surface area contributed by atoms with Crippen LogP contribution in [-0.2, 0) is 20.9 Å². The second kappa shape index (κ2) is 9.44. The summed E-state index contributed by atoms with van der Waals surface area (Å²) >= 11 is 0. The van der Waals surface area contributed by atoms with Gasteiger partial charge in [-0.2, -0.15) is 0 Å². The molecule has 0 radical (unpaired) electrons. The first-order valence-corrected chi connectivity index (χ1v) is 11.0. The van der Waals surface area contributed by atoms with Crippen molar-refractivity contribution in [2.24, 2.45) is 5.92 Å². The molecule has 1 aliphatic carbocycles. The summed E-state index contributed by atoms with van der Waals surface area (Å²) in [5, 5.41) is 12.1. The third-order valence-corrected chi connectivity index (χ3v) is 6.24. The van der Waals surface area contributed by atoms with Gasteiger partial charge in [0, 0.05) is 17.0 Å². The third-order valence-electron chi connectivity index (χ3n) is 6.24. The Labute approximate surface area is 191 Å². The Morgan fingerprint density at radius 2 is 1.88 bits per heavy atom. The van der Waals surface area contributed by atoms with Crippen LogP contribution in [0.1, 0.15) is 42.4 Å². The minimum atomic E-state index is -0.969. The van der Waals surface area contributed by atoms with Gasteiger partial charge in [-0.15, -0.1) is 0 Å². The van der Waals surface area contributed by atoms with Crippen LogP contribution in [0.5, 0.6) is 0 Å². The lowest BCUT2D eigenvalue weighted by Gasteiger charge is -2.31. The molecule has 172 valence electrons. The number of fused-ring (bicyclic) bond motifs is 3. The Morgan fingerprint density at radius 1 is 1.12 bits per heavy atom. The summed E-state index contributed by atoms with van der Waals surface area (Å²) in [6.07, 6.45) is 1.42. The fraction of sp³-hybridized carbons (Fsp3) is 0.360. The van der Waals surface area contributed by atoms with Gasteiger partial charge in [0.15, 0.2) is 0 Å². The molecule has 1 fully saturated rings. The van der Waals surface area contributed by atoms with Crippen LogP contribution in [0.25, 0.3) is 0 Å². The summed E-state index contributed by atoms with van der Waals surface area (Å²) in [5.74, 6) is -1.46. The maximum absolute atomic E-state index is 13.1. The van der Waals surface area contributed by atoms with Crippen LogP contribution >= 0.6 is 0 Å². The van der Waals surface area contributed by atoms with E-state index in [9.17, 15) is 19.7 Å². The van der Waals surface area contributed by atoms with Crippen molar-refractivity contribution in [3.05, 3.63) is 87.1 Å². The average Bonchev–Trinajstić information content (AvgIpc) is 3.16. The van der Waals surface area contributed by atoms with Gasteiger partial charge in [0.2, 0.25) is 6.04 Å². The lowest BCUT2D eigenvalue weighted by atomic mass is 9.84. The highest BCUT2D eigenvalue weighted by molar-refractivity contribution is 5.93. The molecule has 4 rings (SSSR count). The lowest BCUT2D eigenvalue weighted by molar-refractivity contribution is -0.531. The van der Waals surface area contributed by atoms with Crippen LogP contribution in [-0.4, -0.2) is 29.6 Å². The lowest BCUT2D eigenvalue weighted by Crippen LogP contribution is -2.35. The van der Waals surface area contributed by atoms with Crippen LogP contribution in [0, 0.1) is 23.0 Å². The van der Waals surface area contributed by atoms with E-state index in [0.29, 0.717) is 17.7 Å². The molecular formula is C25H26N2O6. The van der Waals surface area contributed by atoms with Crippen molar-refractivity contribution in [3.63, 3.8) is 0 Å². The van der Waals surface area contributed by atoms with Crippen molar-refractivity contribution in [3.8, 4) is 0 Å². The largest absolute Gasteiger partial charge is 0.466 e. The Hall–Kier alpha value is -3.68. The van der Waals surface area contributed by atoms with E-state index < -0.39 is 29.9 Å². The maximum Gasteiger partial charge on any atom is 0.418 e. The molecule has 0 aromatic heterocycles. The molecule has 1 heterocycles. The van der Waals surface area contributed by atoms with Gasteiger partial charge in [0.1, 0.15) is 6.61 Å². The van der Waals surface area contributed by atoms with E-state index in [1.165, 1.54) is 4.90 Å². The molecule has 2 aromatic carbocycles. The van der Waals surface area contributed by atoms with E-state index in [1.807, 2.05) is 55.5 Å². The summed E-state index contributed by atoms with van der Waals surface area (Å²) < 4.78 is 10.6. The van der Waals surface area contributed by atoms with Gasteiger partial charge in [-0.3, -0.25) is 19.8 Å². The number of anilines is 1. The zero-order valence-electron chi connectivity index (χ0n) is 18.6. The van der Waals surface area contributed by atoms with E-state index >= 15 is 0 Å². The number of esters is 1. The topological polar surface area (TPSA) is 99.0 Å². The van der Waals surface area contributed by atoms with Crippen LogP contribution < -0.4 is 4.90 Å². The Bertz CT molecular complexity index is 1100. The van der Waals surface area contributed by atoms with E-state index in [-0.39, 0.29) is 24.6 Å². The van der Waals surface area contributed by atoms with Gasteiger partial charge in [-0.05, 0) is 42.5 Å². The first kappa shape index (κ1) is 22.5. The van der Waals surface area contributed by atoms with Gasteiger partial charge < -0.3 is 9.47 Å². The third kappa shape index (κ3) is 4.46. The molecule has 1 amide bonds. The zero-order chi connectivity index (χ0) is 23.5. The van der Waals surface area contributed by atoms with E-state index in [2.05, 4.69) is 0 Å². The minimum Gasteiger partial charge on any atom is -0.466 e. The molecule has 1 aliphatic heterocycles. The van der Waals surface area contributed by atoms with Gasteiger partial charge in [-0.25, -0.2) is 4.79 Å². The van der Waals surface area contributed by atoms with E-state index in [0.717, 1.165) is 16.7 Å². The fourth-order valence-corrected chi connectivity index (χ4v) is 4.90. The average molecular weight is 450 g/mol. The first-order valence-electron chi connectivity index (χ1n) is 11.0. The number of nitro groups is 1. The second-order valence-corrected chi connectivity index (χ2v) is 8.35. The molecule has 2 aromatic rings. The first-order chi connectivity index (χ1) is 15.9. The molecule has 0 bridgehead atoms. The number of nitrogens with zero attached hydrogens (tertiary/aromatic N) is 2. The minimum absolute atomic E-state index is 0.0348. The van der Waals surface area contributed by atoms with E-state index in [1.54, 1.807) is 13.1 Å². The molecule has 3 atom stereocenters. The second-order valence-electron chi connectivity index (χ2n) is 8.35. The van der Waals surface area contributed by atoms with Crippen molar-refractivity contribution in [2.45, 2.75) is 45.3 Å². The van der Waals surface area contributed by atoms with Crippen LogP contribution in [0.3, 0.4) is 0 Å².